The maximum absolute atomic E-state index is 10.7. The molecular weight excluding hydrogens is 214 g/mol. The van der Waals surface area contributed by atoms with E-state index in [0.717, 1.165) is 11.6 Å². The van der Waals surface area contributed by atoms with Crippen molar-refractivity contribution in [3.63, 3.8) is 0 Å². The van der Waals surface area contributed by atoms with Gasteiger partial charge in [0.05, 0.1) is 5.56 Å². The number of carboxylic acid groups (broad SMARTS) is 1. The van der Waals surface area contributed by atoms with Gasteiger partial charge in [-0.05, 0) is 49.4 Å². The van der Waals surface area contributed by atoms with Gasteiger partial charge in [-0.1, -0.05) is 13.3 Å². The summed E-state index contributed by atoms with van der Waals surface area (Å²) in [6.45, 7) is 2.24. The Morgan fingerprint density at radius 2 is 2.06 bits per heavy atom. The van der Waals surface area contributed by atoms with Gasteiger partial charge in [0.2, 0.25) is 0 Å². The molecule has 0 radical (unpaired) electrons. The minimum Gasteiger partial charge on any atom is -0.478 e. The molecule has 0 aliphatic heterocycles. The molecule has 17 heavy (non-hydrogen) atoms. The summed E-state index contributed by atoms with van der Waals surface area (Å²) in [6, 6.07) is 7.55. The molecule has 0 spiro atoms. The van der Waals surface area contributed by atoms with Gasteiger partial charge in [0, 0.05) is 11.7 Å². The zero-order valence-corrected chi connectivity index (χ0v) is 10.1. The fourth-order valence-corrected chi connectivity index (χ4v) is 2.52. The Morgan fingerprint density at radius 3 is 2.59 bits per heavy atom. The minimum atomic E-state index is -0.872. The maximum Gasteiger partial charge on any atom is 0.335 e. The number of nitrogens with one attached hydrogen (secondary N) is 1. The normalized spacial score (nSPS) is 23.6. The Balaban J connectivity index is 1.93. The molecule has 2 N–H and O–H groups in total. The number of hydrogen-bond acceptors (Lipinski definition) is 2. The quantitative estimate of drug-likeness (QED) is 0.838. The highest BCUT2D eigenvalue weighted by Crippen LogP contribution is 2.30. The summed E-state index contributed by atoms with van der Waals surface area (Å²) in [6.07, 6.45) is 5.02. The summed E-state index contributed by atoms with van der Waals surface area (Å²) in [5, 5.41) is 12.3. The average Bonchev–Trinajstić information content (AvgIpc) is 2.77. The molecule has 1 saturated carbocycles. The largest absolute Gasteiger partial charge is 0.478 e. The van der Waals surface area contributed by atoms with Crippen LogP contribution in [0.3, 0.4) is 0 Å². The highest BCUT2D eigenvalue weighted by atomic mass is 16.4. The van der Waals surface area contributed by atoms with Gasteiger partial charge in [0.25, 0.3) is 0 Å². The Kier molecular flexibility index (Phi) is 3.67. The van der Waals surface area contributed by atoms with E-state index in [-0.39, 0.29) is 0 Å². The summed E-state index contributed by atoms with van der Waals surface area (Å²) in [5.41, 5.74) is 1.37. The van der Waals surface area contributed by atoms with E-state index < -0.39 is 5.97 Å². The number of carbonyl (C=O) groups is 1. The van der Waals surface area contributed by atoms with Crippen LogP contribution >= 0.6 is 0 Å². The zero-order chi connectivity index (χ0) is 12.3. The summed E-state index contributed by atoms with van der Waals surface area (Å²) >= 11 is 0. The topological polar surface area (TPSA) is 49.3 Å². The van der Waals surface area contributed by atoms with Crippen molar-refractivity contribution in [2.75, 3.05) is 5.32 Å². The lowest BCUT2D eigenvalue weighted by Gasteiger charge is -2.14. The highest BCUT2D eigenvalue weighted by molar-refractivity contribution is 5.87. The number of anilines is 1. The molecule has 0 amide bonds. The van der Waals surface area contributed by atoms with E-state index in [9.17, 15) is 4.79 Å². The van der Waals surface area contributed by atoms with Crippen LogP contribution in [0.25, 0.3) is 0 Å². The van der Waals surface area contributed by atoms with Crippen molar-refractivity contribution in [1.29, 1.82) is 0 Å². The fraction of sp³-hybridized carbons (Fsp3) is 0.500. The summed E-state index contributed by atoms with van der Waals surface area (Å²) < 4.78 is 0. The van der Waals surface area contributed by atoms with E-state index >= 15 is 0 Å². The van der Waals surface area contributed by atoms with Gasteiger partial charge in [-0.15, -0.1) is 0 Å². The first kappa shape index (κ1) is 12.0. The fourth-order valence-electron chi connectivity index (χ4n) is 2.52. The molecule has 2 rings (SSSR count). The molecule has 1 aliphatic carbocycles. The predicted octanol–water partition coefficient (Wildman–Crippen LogP) is 3.38. The van der Waals surface area contributed by atoms with Crippen LogP contribution in [0.1, 0.15) is 43.0 Å². The van der Waals surface area contributed by atoms with Crippen LogP contribution < -0.4 is 5.32 Å². The standard InChI is InChI=1S/C14H19NO2/c1-2-10-3-6-13(9-10)15-12-7-4-11(5-8-12)14(16)17/h4-5,7-8,10,13,15H,2-3,6,9H2,1H3,(H,16,17). The predicted molar refractivity (Wildman–Crippen MR) is 68.4 cm³/mol. The molecule has 1 fully saturated rings. The lowest BCUT2D eigenvalue weighted by atomic mass is 10.1. The first-order chi connectivity index (χ1) is 8.19. The molecule has 0 heterocycles. The van der Waals surface area contributed by atoms with E-state index in [2.05, 4.69) is 12.2 Å². The SMILES string of the molecule is CCC1CCC(Nc2ccc(C(=O)O)cc2)C1. The smallest absolute Gasteiger partial charge is 0.335 e. The lowest BCUT2D eigenvalue weighted by molar-refractivity contribution is 0.0697. The summed E-state index contributed by atoms with van der Waals surface area (Å²) in [7, 11) is 0. The van der Waals surface area contributed by atoms with Crippen LogP contribution in [0.5, 0.6) is 0 Å². The van der Waals surface area contributed by atoms with Gasteiger partial charge in [-0.25, -0.2) is 4.79 Å². The Labute approximate surface area is 102 Å². The third kappa shape index (κ3) is 2.99. The molecule has 1 aliphatic rings. The minimum absolute atomic E-state index is 0.341. The first-order valence-corrected chi connectivity index (χ1v) is 6.29. The van der Waals surface area contributed by atoms with Crippen molar-refractivity contribution in [2.24, 2.45) is 5.92 Å². The van der Waals surface area contributed by atoms with Gasteiger partial charge in [0.1, 0.15) is 0 Å². The highest BCUT2D eigenvalue weighted by Gasteiger charge is 2.22. The van der Waals surface area contributed by atoms with Gasteiger partial charge in [-0.2, -0.15) is 0 Å². The van der Waals surface area contributed by atoms with Crippen molar-refractivity contribution in [3.8, 4) is 0 Å². The van der Waals surface area contributed by atoms with E-state index in [0.29, 0.717) is 11.6 Å². The number of hydrogen-bond donors (Lipinski definition) is 2. The molecule has 92 valence electrons. The zero-order valence-electron chi connectivity index (χ0n) is 10.1. The molecule has 1 aromatic carbocycles. The second-order valence-corrected chi connectivity index (χ2v) is 4.81. The third-order valence-electron chi connectivity index (χ3n) is 3.62. The number of rotatable bonds is 4. The second kappa shape index (κ2) is 5.21. The molecular formula is C14H19NO2. The molecule has 1 aromatic rings. The van der Waals surface area contributed by atoms with E-state index in [4.69, 9.17) is 5.11 Å². The van der Waals surface area contributed by atoms with Crippen molar-refractivity contribution < 1.29 is 9.90 Å². The molecule has 2 atom stereocenters. The van der Waals surface area contributed by atoms with Gasteiger partial charge >= 0.3 is 5.97 Å². The molecule has 3 nitrogen and oxygen atoms in total. The van der Waals surface area contributed by atoms with Gasteiger partial charge < -0.3 is 10.4 Å². The Morgan fingerprint density at radius 1 is 1.35 bits per heavy atom. The van der Waals surface area contributed by atoms with Crippen LogP contribution in [0.2, 0.25) is 0 Å². The van der Waals surface area contributed by atoms with Crippen molar-refractivity contribution in [2.45, 2.75) is 38.6 Å². The number of carboxylic acids is 1. The summed E-state index contributed by atoms with van der Waals surface area (Å²) in [5.74, 6) is -0.0192. The average molecular weight is 233 g/mol. The Bertz CT molecular complexity index is 386. The van der Waals surface area contributed by atoms with E-state index in [1.54, 1.807) is 12.1 Å². The molecule has 0 aromatic heterocycles. The van der Waals surface area contributed by atoms with Crippen molar-refractivity contribution >= 4 is 11.7 Å². The number of benzene rings is 1. The molecule has 0 bridgehead atoms. The Hall–Kier alpha value is -1.51. The lowest BCUT2D eigenvalue weighted by Crippen LogP contribution is -2.15. The number of aromatic carboxylic acids is 1. The van der Waals surface area contributed by atoms with E-state index in [1.807, 2.05) is 12.1 Å². The van der Waals surface area contributed by atoms with Crippen molar-refractivity contribution in [1.82, 2.24) is 0 Å². The molecule has 0 saturated heterocycles. The maximum atomic E-state index is 10.7. The van der Waals surface area contributed by atoms with Crippen LogP contribution in [0.15, 0.2) is 24.3 Å². The van der Waals surface area contributed by atoms with E-state index in [1.165, 1.54) is 25.7 Å². The second-order valence-electron chi connectivity index (χ2n) is 4.81. The van der Waals surface area contributed by atoms with Crippen LogP contribution in [-0.2, 0) is 0 Å². The van der Waals surface area contributed by atoms with Gasteiger partial charge in [0.15, 0.2) is 0 Å². The summed E-state index contributed by atoms with van der Waals surface area (Å²) in [4.78, 5) is 10.7. The third-order valence-corrected chi connectivity index (χ3v) is 3.62. The van der Waals surface area contributed by atoms with Gasteiger partial charge in [-0.3, -0.25) is 0 Å². The molecule has 3 heteroatoms. The monoisotopic (exact) mass is 233 g/mol. The van der Waals surface area contributed by atoms with Crippen LogP contribution in [0, 0.1) is 5.92 Å². The van der Waals surface area contributed by atoms with Crippen LogP contribution in [-0.4, -0.2) is 17.1 Å². The van der Waals surface area contributed by atoms with Crippen LogP contribution in [0.4, 0.5) is 5.69 Å². The van der Waals surface area contributed by atoms with Crippen molar-refractivity contribution in [3.05, 3.63) is 29.8 Å². The first-order valence-electron chi connectivity index (χ1n) is 6.29. The molecule has 2 unspecified atom stereocenters.